The Bertz CT molecular complexity index is 5700. The molecule has 673 valence electrons. The number of aliphatic hydroxyl groups is 6. The van der Waals surface area contributed by atoms with Crippen molar-refractivity contribution in [2.45, 2.75) is 110 Å². The molecule has 0 atom stereocenters. The quantitative estimate of drug-likeness (QED) is 0.0399. The fraction of sp³-hybridized carbons (Fsp3) is 0.175. The van der Waals surface area contributed by atoms with Crippen molar-refractivity contribution in [3.05, 3.63) is 372 Å². The van der Waals surface area contributed by atoms with E-state index in [4.69, 9.17) is 32.0 Å². The average Bonchev–Trinajstić information content (AvgIpc) is 0.817. The van der Waals surface area contributed by atoms with E-state index in [1.54, 1.807) is 18.2 Å². The van der Waals surface area contributed by atoms with Crippen molar-refractivity contribution in [1.82, 2.24) is 30.1 Å². The fourth-order valence-electron chi connectivity index (χ4n) is 10.4. The van der Waals surface area contributed by atoms with Crippen LogP contribution in [0.15, 0.2) is 320 Å². The van der Waals surface area contributed by atoms with Gasteiger partial charge in [0.15, 0.2) is 28.9 Å². The van der Waals surface area contributed by atoms with Gasteiger partial charge in [0.2, 0.25) is 0 Å². The van der Waals surface area contributed by atoms with E-state index in [0.29, 0.717) is 16.4 Å². The van der Waals surface area contributed by atoms with Crippen LogP contribution in [-0.2, 0) is 131 Å². The standard InChI is InChI=1S/C16H12NO.C16H12N.C15H9FN.C15H10N.C11H20O2.C10H6ClN2.4C5H8O2.5Ir/c18-11-13-6-1-3-7-14(13)16-10-9-12-5-2-4-8-15(12)17-16;1-12-6-2-4-8-14(12)16-11-10-13-7-3-5-9-15(13)17-16;16-13-7-3-2-6-12(13)15-10-9-11-5-1-4-8-14(11)17-15;1-2-6-12(7-3-1)15-11-10-13-8-4-5-9-14(13)16-15;1-10(2,3)8(12)7-9(13)11(4,5)6;11-10-7-6-9(12-13-10)8-4-2-1-3-5-8;4*1-4(6)3-5(2)7;;;;;/h1-6,8-10,18H,11H2;2-7,9-11H,1H3;1-5,7-10H;1-6,8-11H;7,12H,1-6H3;1-4,6-7H;4*3,6H,1-2H3;;;;;/q4*-1;;-1;;;;;;;;;. The molecule has 0 bridgehead atoms. The van der Waals surface area contributed by atoms with Gasteiger partial charge < -0.3 is 30.6 Å². The molecule has 127 heavy (non-hydrogen) atoms. The number of rotatable bonds is 11. The molecule has 24 heteroatoms. The number of aromatic nitrogens is 6. The molecule has 0 amide bonds. The van der Waals surface area contributed by atoms with E-state index in [-0.39, 0.29) is 176 Å². The molecule has 6 N–H and O–H groups in total. The third-order valence-electron chi connectivity index (χ3n) is 16.2. The van der Waals surface area contributed by atoms with Crippen molar-refractivity contribution in [2.75, 3.05) is 0 Å². The normalized spacial score (nSPS) is 10.7. The molecule has 0 aliphatic rings. The molecule has 0 aliphatic carbocycles. The molecule has 0 spiro atoms. The van der Waals surface area contributed by atoms with Gasteiger partial charge >= 0.3 is 0 Å². The maximum atomic E-state index is 13.6. The van der Waals surface area contributed by atoms with Gasteiger partial charge in [0.25, 0.3) is 0 Å². The first-order valence-corrected chi connectivity index (χ1v) is 38.9. The first-order valence-electron chi connectivity index (χ1n) is 38.5. The molecule has 0 saturated carbocycles. The third-order valence-corrected chi connectivity index (χ3v) is 16.4. The predicted molar refractivity (Wildman–Crippen MR) is 489 cm³/mol. The minimum Gasteiger partial charge on any atom is -0.512 e. The molecule has 17 nitrogen and oxygen atoms in total. The van der Waals surface area contributed by atoms with E-state index in [1.165, 1.54) is 108 Å². The number of pyridine rings is 4. The number of hydrogen-bond donors (Lipinski definition) is 6. The first kappa shape index (κ1) is 116. The second-order valence-corrected chi connectivity index (χ2v) is 29.6. The maximum absolute atomic E-state index is 13.6. The Morgan fingerprint density at radius 3 is 0.984 bits per heavy atom. The van der Waals surface area contributed by atoms with Crippen LogP contribution < -0.4 is 0 Å². The molecule has 0 saturated heterocycles. The summed E-state index contributed by atoms with van der Waals surface area (Å²) in [5.41, 5.74) is 13.7. The zero-order valence-corrected chi connectivity index (χ0v) is 85.5. The molecule has 14 rings (SSSR count). The van der Waals surface area contributed by atoms with Crippen molar-refractivity contribution < 1.29 is 160 Å². The second kappa shape index (κ2) is 60.8. The monoisotopic (exact) mass is 2620 g/mol. The van der Waals surface area contributed by atoms with Crippen LogP contribution in [0.4, 0.5) is 4.39 Å². The van der Waals surface area contributed by atoms with E-state index in [2.05, 4.69) is 104 Å². The number of hydrogen-bond acceptors (Lipinski definition) is 17. The average molecular weight is 2610 g/mol. The van der Waals surface area contributed by atoms with E-state index >= 15 is 0 Å². The number of para-hydroxylation sites is 4. The number of ketones is 5. The summed E-state index contributed by atoms with van der Waals surface area (Å²) >= 11 is 5.62. The third kappa shape index (κ3) is 44.5. The molecule has 9 aromatic carbocycles. The van der Waals surface area contributed by atoms with Crippen LogP contribution in [0.2, 0.25) is 5.15 Å². The van der Waals surface area contributed by atoms with E-state index in [0.717, 1.165) is 83.4 Å². The maximum Gasteiger partial charge on any atom is 0.164 e. The van der Waals surface area contributed by atoms with Gasteiger partial charge in [0.1, 0.15) is 10.9 Å². The van der Waals surface area contributed by atoms with Crippen molar-refractivity contribution in [3.8, 4) is 56.3 Å². The summed E-state index contributed by atoms with van der Waals surface area (Å²) in [5, 5.41) is 64.9. The summed E-state index contributed by atoms with van der Waals surface area (Å²) < 4.78 is 13.6. The Morgan fingerprint density at radius 1 is 0.346 bits per heavy atom. The molecule has 5 radical (unpaired) electrons. The van der Waals surface area contributed by atoms with Crippen LogP contribution in [0.3, 0.4) is 0 Å². The smallest absolute Gasteiger partial charge is 0.164 e. The van der Waals surface area contributed by atoms with Gasteiger partial charge in [-0.05, 0) is 130 Å². The number of aryl methyl sites for hydroxylation is 1. The SMILES string of the molecule is CC(=O)C=C(C)O.CC(=O)C=C(C)O.CC(=O)C=C(C)O.CC(=O)C=C(C)O.CC(C)(C)C(=O)C=C(O)C(C)(C)C.Cc1ccc[c-]c1-c1ccc2ccccc2n1.Clc1ccc(-c2[c-]cccc2)nn1.Fc1ccc[c-]c1-c1ccc2ccccc2n1.OCc1ccc[c-]c1-c1ccc2ccccc2n1.[Ir].[Ir].[Ir].[Ir].[Ir].[c-]1ccccc1-c1ccc2ccccc2n1. The molecule has 0 unspecified atom stereocenters. The topological polar surface area (TPSA) is 284 Å². The summed E-state index contributed by atoms with van der Waals surface area (Å²) in [6.45, 7) is 24.6. The van der Waals surface area contributed by atoms with E-state index < -0.39 is 5.41 Å². The van der Waals surface area contributed by atoms with Crippen LogP contribution in [0.25, 0.3) is 99.9 Å². The zero-order chi connectivity index (χ0) is 89.9. The number of aliphatic hydroxyl groups excluding tert-OH is 6. The Kier molecular flexibility index (Phi) is 55.6. The van der Waals surface area contributed by atoms with Gasteiger partial charge in [-0.3, -0.25) is 48.3 Å². The van der Waals surface area contributed by atoms with Crippen molar-refractivity contribution in [1.29, 1.82) is 0 Å². The van der Waals surface area contributed by atoms with E-state index in [1.807, 2.05) is 242 Å². The Balaban J connectivity index is 0.00000141. The van der Waals surface area contributed by atoms with Gasteiger partial charge in [-0.25, -0.2) is 0 Å². The Labute approximate surface area is 816 Å². The number of halogens is 2. The summed E-state index contributed by atoms with van der Waals surface area (Å²) in [7, 11) is 0. The number of nitrogens with zero attached hydrogens (tertiary/aromatic N) is 6. The molecule has 14 aromatic rings. The molecule has 0 aliphatic heterocycles. The Morgan fingerprint density at radius 2 is 0.661 bits per heavy atom. The largest absolute Gasteiger partial charge is 0.512 e. The molecule has 5 heterocycles. The van der Waals surface area contributed by atoms with Crippen LogP contribution in [-0.4, -0.2) is 89.7 Å². The second-order valence-electron chi connectivity index (χ2n) is 29.2. The summed E-state index contributed by atoms with van der Waals surface area (Å²) in [5.74, 6) is -0.442. The van der Waals surface area contributed by atoms with Crippen LogP contribution in [0.1, 0.15) is 108 Å². The van der Waals surface area contributed by atoms with Gasteiger partial charge in [-0.1, -0.05) is 193 Å². The van der Waals surface area contributed by atoms with Crippen molar-refractivity contribution in [2.24, 2.45) is 10.8 Å². The number of fused-ring (bicyclic) bond motifs is 4. The number of allylic oxidation sites excluding steroid dienone is 10. The Hall–Kier alpha value is -10.8. The summed E-state index contributed by atoms with van der Waals surface area (Å²) in [6.07, 6.45) is 6.00. The van der Waals surface area contributed by atoms with Gasteiger partial charge in [0.05, 0.1) is 45.1 Å². The minimum atomic E-state index is -0.417. The fourth-order valence-corrected chi connectivity index (χ4v) is 10.5. The number of carbonyl (C=O) groups is 5. The van der Waals surface area contributed by atoms with Gasteiger partial charge in [-0.15, -0.1) is 172 Å². The molecular formula is C103H101ClFIr5N6O11-5. The van der Waals surface area contributed by atoms with E-state index in [9.17, 15) is 38.6 Å². The van der Waals surface area contributed by atoms with Crippen molar-refractivity contribution in [3.63, 3.8) is 0 Å². The molecule has 5 aromatic heterocycles. The van der Waals surface area contributed by atoms with Gasteiger partial charge in [0, 0.05) is 160 Å². The summed E-state index contributed by atoms with van der Waals surface area (Å²) in [6, 6.07) is 99.0. The molecular weight excluding hydrogens is 2510 g/mol. The molecule has 0 fully saturated rings. The van der Waals surface area contributed by atoms with Gasteiger partial charge in [-0.2, -0.15) is 5.10 Å². The minimum absolute atomic E-state index is 0. The zero-order valence-electron chi connectivity index (χ0n) is 72.8. The van der Waals surface area contributed by atoms with Crippen LogP contribution in [0.5, 0.6) is 0 Å². The van der Waals surface area contributed by atoms with Crippen LogP contribution in [0, 0.1) is 53.9 Å². The number of benzene rings is 9. The number of carbonyl (C=O) groups excluding carboxylic acids is 5. The summed E-state index contributed by atoms with van der Waals surface area (Å²) in [4.78, 5) is 69.9. The van der Waals surface area contributed by atoms with Crippen LogP contribution >= 0.6 is 11.6 Å². The predicted octanol–water partition coefficient (Wildman–Crippen LogP) is 24.6. The van der Waals surface area contributed by atoms with Crippen molar-refractivity contribution >= 4 is 84.1 Å². The first-order chi connectivity index (χ1) is 57.9.